The second-order valence-corrected chi connectivity index (χ2v) is 8.39. The van der Waals surface area contributed by atoms with E-state index < -0.39 is 29.4 Å². The molecule has 1 unspecified atom stereocenters. The molecule has 0 aromatic rings. The zero-order valence-corrected chi connectivity index (χ0v) is 18.7. The van der Waals surface area contributed by atoms with Crippen LogP contribution < -0.4 is 16.0 Å². The summed E-state index contributed by atoms with van der Waals surface area (Å²) in [6, 6.07) is -0.812. The largest absolute Gasteiger partial charge is 0.352 e. The van der Waals surface area contributed by atoms with E-state index >= 15 is 0 Å². The molecule has 1 rings (SSSR count). The van der Waals surface area contributed by atoms with Crippen molar-refractivity contribution in [1.82, 2.24) is 16.0 Å². The number of terminal acetylenes is 1. The van der Waals surface area contributed by atoms with Crippen LogP contribution >= 0.6 is 11.8 Å². The summed E-state index contributed by atoms with van der Waals surface area (Å²) in [7, 11) is 0. The first kappa shape index (κ1) is 26.5. The summed E-state index contributed by atoms with van der Waals surface area (Å²) in [5.41, 5.74) is -2.15. The molecule has 0 aromatic carbocycles. The molecular weight excluding hydrogens is 421 g/mol. The van der Waals surface area contributed by atoms with E-state index in [1.807, 2.05) is 0 Å². The van der Waals surface area contributed by atoms with Gasteiger partial charge < -0.3 is 16.0 Å². The van der Waals surface area contributed by atoms with E-state index in [2.05, 4.69) is 33.7 Å². The SMILES string of the molecule is C#CCNC(=O)[C@@H](CCCCNC(=O)C1(F)C#CCCCCC1)NC(=O)CSC(C)=O. The third kappa shape index (κ3) is 10.9. The van der Waals surface area contributed by atoms with Gasteiger partial charge in [-0.05, 0) is 32.1 Å². The molecule has 9 heteroatoms. The number of rotatable bonds is 11. The standard InChI is InChI=1S/C22H30FN3O4S/c1-3-14-24-20(29)18(26-19(28)16-31-17(2)27)11-7-10-15-25-21(30)22(23)12-8-5-4-6-9-13-22/h1,18H,4-8,10-12,14-16H2,2H3,(H,24,29)(H,25,30)(H,26,28)/t18-,22?/m1/s1. The van der Waals surface area contributed by atoms with Crippen molar-refractivity contribution in [1.29, 1.82) is 0 Å². The molecule has 0 aromatic heterocycles. The molecule has 0 heterocycles. The molecule has 3 amide bonds. The van der Waals surface area contributed by atoms with Gasteiger partial charge in [0.15, 0.2) is 5.12 Å². The maximum atomic E-state index is 14.8. The number of thioether (sulfide) groups is 1. The number of amides is 3. The summed E-state index contributed by atoms with van der Waals surface area (Å²) in [4.78, 5) is 47.4. The predicted octanol–water partition coefficient (Wildman–Crippen LogP) is 1.46. The van der Waals surface area contributed by atoms with Gasteiger partial charge in [0.05, 0.1) is 12.3 Å². The van der Waals surface area contributed by atoms with Crippen LogP contribution in [0.3, 0.4) is 0 Å². The lowest BCUT2D eigenvalue weighted by atomic mass is 9.94. The van der Waals surface area contributed by atoms with Gasteiger partial charge in [0.25, 0.3) is 5.91 Å². The van der Waals surface area contributed by atoms with E-state index in [1.54, 1.807) is 0 Å². The number of nitrogens with one attached hydrogen (secondary N) is 3. The van der Waals surface area contributed by atoms with Crippen molar-refractivity contribution in [2.45, 2.75) is 70.0 Å². The van der Waals surface area contributed by atoms with Crippen molar-refractivity contribution in [2.24, 2.45) is 0 Å². The van der Waals surface area contributed by atoms with Gasteiger partial charge in [-0.3, -0.25) is 19.2 Å². The van der Waals surface area contributed by atoms with Crippen LogP contribution in [0.1, 0.15) is 58.3 Å². The smallest absolute Gasteiger partial charge is 0.270 e. The molecule has 0 fully saturated rings. The quantitative estimate of drug-likeness (QED) is 0.326. The number of unbranched alkanes of at least 4 members (excludes halogenated alkanes) is 1. The molecule has 1 aliphatic rings. The number of carbonyl (C=O) groups is 4. The highest BCUT2D eigenvalue weighted by molar-refractivity contribution is 8.14. The van der Waals surface area contributed by atoms with E-state index in [0.29, 0.717) is 32.1 Å². The van der Waals surface area contributed by atoms with Gasteiger partial charge in [-0.1, -0.05) is 35.9 Å². The summed E-state index contributed by atoms with van der Waals surface area (Å²) in [5.74, 6) is 5.83. The molecule has 31 heavy (non-hydrogen) atoms. The number of halogens is 1. The fraction of sp³-hybridized carbons (Fsp3) is 0.636. The first-order chi connectivity index (χ1) is 14.8. The maximum Gasteiger partial charge on any atom is 0.270 e. The molecule has 1 aliphatic carbocycles. The van der Waals surface area contributed by atoms with Crippen molar-refractivity contribution in [3.8, 4) is 24.2 Å². The van der Waals surface area contributed by atoms with E-state index in [4.69, 9.17) is 6.42 Å². The molecule has 0 saturated carbocycles. The molecule has 0 bridgehead atoms. The highest BCUT2D eigenvalue weighted by atomic mass is 32.2. The van der Waals surface area contributed by atoms with Crippen LogP contribution in [0, 0.1) is 24.2 Å². The van der Waals surface area contributed by atoms with Crippen LogP contribution in [0.25, 0.3) is 0 Å². The van der Waals surface area contributed by atoms with Crippen LogP contribution in [0.2, 0.25) is 0 Å². The van der Waals surface area contributed by atoms with Gasteiger partial charge in [0.1, 0.15) is 6.04 Å². The Morgan fingerprint density at radius 2 is 1.97 bits per heavy atom. The summed E-state index contributed by atoms with van der Waals surface area (Å²) < 4.78 is 14.8. The van der Waals surface area contributed by atoms with E-state index in [1.165, 1.54) is 6.92 Å². The average Bonchev–Trinajstić information content (AvgIpc) is 2.71. The Labute approximate surface area is 187 Å². The van der Waals surface area contributed by atoms with E-state index in [9.17, 15) is 23.6 Å². The van der Waals surface area contributed by atoms with E-state index in [0.717, 1.165) is 24.6 Å². The van der Waals surface area contributed by atoms with Gasteiger partial charge in [-0.25, -0.2) is 4.39 Å². The molecule has 0 aliphatic heterocycles. The zero-order chi connectivity index (χ0) is 23.1. The molecular formula is C22H30FN3O4S. The van der Waals surface area contributed by atoms with Gasteiger partial charge in [0.2, 0.25) is 17.5 Å². The normalized spacial score (nSPS) is 18.7. The van der Waals surface area contributed by atoms with Crippen LogP contribution in [-0.2, 0) is 19.2 Å². The second-order valence-electron chi connectivity index (χ2n) is 7.24. The third-order valence-corrected chi connectivity index (χ3v) is 5.41. The van der Waals surface area contributed by atoms with Crippen LogP contribution in [0.5, 0.6) is 0 Å². The Bertz CT molecular complexity index is 756. The highest BCUT2D eigenvalue weighted by Gasteiger charge is 2.36. The van der Waals surface area contributed by atoms with Crippen LogP contribution in [-0.4, -0.2) is 53.4 Å². The minimum Gasteiger partial charge on any atom is -0.352 e. The summed E-state index contributed by atoms with van der Waals surface area (Å²) in [6.07, 6.45) is 9.53. The molecule has 0 saturated heterocycles. The fourth-order valence-corrected chi connectivity index (χ4v) is 3.36. The minimum absolute atomic E-state index is 0.0308. The number of hydrogen-bond acceptors (Lipinski definition) is 5. The van der Waals surface area contributed by atoms with Crippen molar-refractivity contribution < 1.29 is 23.6 Å². The van der Waals surface area contributed by atoms with Gasteiger partial charge in [0, 0.05) is 26.3 Å². The van der Waals surface area contributed by atoms with Gasteiger partial charge in [-0.2, -0.15) is 0 Å². The molecule has 7 nitrogen and oxygen atoms in total. The Balaban J connectivity index is 2.48. The summed E-state index contributed by atoms with van der Waals surface area (Å²) >= 11 is 0.853. The summed E-state index contributed by atoms with van der Waals surface area (Å²) in [5, 5.41) is 7.50. The third-order valence-electron chi connectivity index (χ3n) is 4.60. The van der Waals surface area contributed by atoms with E-state index in [-0.39, 0.29) is 30.4 Å². The lowest BCUT2D eigenvalue weighted by molar-refractivity contribution is -0.130. The maximum absolute atomic E-state index is 14.8. The number of carbonyl (C=O) groups excluding carboxylic acids is 4. The summed E-state index contributed by atoms with van der Waals surface area (Å²) in [6.45, 7) is 1.62. The Kier molecular flexibility index (Phi) is 12.4. The Morgan fingerprint density at radius 1 is 1.19 bits per heavy atom. The second kappa shape index (κ2) is 14.5. The lowest BCUT2D eigenvalue weighted by Gasteiger charge is -2.20. The van der Waals surface area contributed by atoms with Crippen molar-refractivity contribution >= 4 is 34.6 Å². The molecule has 2 atom stereocenters. The Hall–Kier alpha value is -2.52. The molecule has 170 valence electrons. The van der Waals surface area contributed by atoms with Crippen molar-refractivity contribution in [3.05, 3.63) is 0 Å². The first-order valence-electron chi connectivity index (χ1n) is 10.4. The van der Waals surface area contributed by atoms with Crippen molar-refractivity contribution in [3.63, 3.8) is 0 Å². The molecule has 0 radical (unpaired) electrons. The van der Waals surface area contributed by atoms with Gasteiger partial charge in [-0.15, -0.1) is 6.42 Å². The number of alkyl halides is 1. The highest BCUT2D eigenvalue weighted by Crippen LogP contribution is 2.22. The average molecular weight is 452 g/mol. The fourth-order valence-electron chi connectivity index (χ4n) is 2.94. The monoisotopic (exact) mass is 451 g/mol. The zero-order valence-electron chi connectivity index (χ0n) is 17.9. The van der Waals surface area contributed by atoms with Crippen LogP contribution in [0.4, 0.5) is 4.39 Å². The lowest BCUT2D eigenvalue weighted by Crippen LogP contribution is -2.47. The van der Waals surface area contributed by atoms with Crippen molar-refractivity contribution in [2.75, 3.05) is 18.8 Å². The van der Waals surface area contributed by atoms with Crippen LogP contribution in [0.15, 0.2) is 0 Å². The molecule has 0 spiro atoms. The topological polar surface area (TPSA) is 104 Å². The van der Waals surface area contributed by atoms with Gasteiger partial charge >= 0.3 is 0 Å². The predicted molar refractivity (Wildman–Crippen MR) is 118 cm³/mol. The Morgan fingerprint density at radius 3 is 2.68 bits per heavy atom. The minimum atomic E-state index is -2.15. The number of hydrogen-bond donors (Lipinski definition) is 3. The molecule has 3 N–H and O–H groups in total. The first-order valence-corrected chi connectivity index (χ1v) is 11.4.